The fraction of sp³-hybridized carbons (Fsp3) is 0.278. The molecule has 1 aliphatic heterocycles. The standard InChI is InChI=1S/C18H17N7O/c1-24-10-14(9-19-24)16-20-18(26-23-16)13-7-8-15-21-22-17(25(15)11-13)12-5-3-2-4-6-12/h2-6,9-10,13H,7-8,11H2,1H3. The summed E-state index contributed by atoms with van der Waals surface area (Å²) >= 11 is 0. The van der Waals surface area contributed by atoms with Crippen molar-refractivity contribution in [2.24, 2.45) is 7.05 Å². The second kappa shape index (κ2) is 5.91. The Morgan fingerprint density at radius 2 is 2.00 bits per heavy atom. The molecule has 0 saturated heterocycles. The first-order valence-electron chi connectivity index (χ1n) is 8.58. The van der Waals surface area contributed by atoms with Crippen LogP contribution in [0.2, 0.25) is 0 Å². The van der Waals surface area contributed by atoms with Gasteiger partial charge in [0.25, 0.3) is 0 Å². The third-order valence-corrected chi connectivity index (χ3v) is 4.73. The van der Waals surface area contributed by atoms with Crippen LogP contribution < -0.4 is 0 Å². The topological polar surface area (TPSA) is 87.5 Å². The minimum Gasteiger partial charge on any atom is -0.339 e. The van der Waals surface area contributed by atoms with Gasteiger partial charge in [-0.2, -0.15) is 10.1 Å². The Hall–Kier alpha value is -3.29. The van der Waals surface area contributed by atoms with Crippen molar-refractivity contribution in [3.63, 3.8) is 0 Å². The number of hydrogen-bond acceptors (Lipinski definition) is 6. The first-order chi connectivity index (χ1) is 12.8. The predicted octanol–water partition coefficient (Wildman–Crippen LogP) is 2.46. The summed E-state index contributed by atoms with van der Waals surface area (Å²) < 4.78 is 9.44. The van der Waals surface area contributed by atoms with Gasteiger partial charge in [-0.25, -0.2) is 0 Å². The zero-order chi connectivity index (χ0) is 17.5. The summed E-state index contributed by atoms with van der Waals surface area (Å²) in [5.74, 6) is 3.27. The van der Waals surface area contributed by atoms with Gasteiger partial charge in [0.1, 0.15) is 5.82 Å². The van der Waals surface area contributed by atoms with Gasteiger partial charge in [-0.15, -0.1) is 10.2 Å². The van der Waals surface area contributed by atoms with Crippen LogP contribution in [0, 0.1) is 0 Å². The molecule has 130 valence electrons. The van der Waals surface area contributed by atoms with E-state index in [0.717, 1.165) is 42.2 Å². The number of aromatic nitrogens is 7. The highest BCUT2D eigenvalue weighted by Gasteiger charge is 2.28. The number of nitrogens with zero attached hydrogens (tertiary/aromatic N) is 7. The molecular weight excluding hydrogens is 330 g/mol. The predicted molar refractivity (Wildman–Crippen MR) is 93.0 cm³/mol. The Kier molecular flexibility index (Phi) is 3.41. The molecule has 0 fully saturated rings. The first-order valence-corrected chi connectivity index (χ1v) is 8.58. The second-order valence-corrected chi connectivity index (χ2v) is 6.51. The number of benzene rings is 1. The molecule has 1 atom stereocenters. The van der Waals surface area contributed by atoms with E-state index in [1.165, 1.54) is 0 Å². The normalized spacial score (nSPS) is 16.6. The quantitative estimate of drug-likeness (QED) is 0.566. The summed E-state index contributed by atoms with van der Waals surface area (Å²) in [7, 11) is 1.87. The van der Waals surface area contributed by atoms with Crippen LogP contribution in [0.25, 0.3) is 22.8 Å². The Morgan fingerprint density at radius 3 is 2.81 bits per heavy atom. The molecule has 4 aromatic rings. The lowest BCUT2D eigenvalue weighted by Crippen LogP contribution is -2.20. The van der Waals surface area contributed by atoms with Crippen LogP contribution in [-0.4, -0.2) is 34.7 Å². The molecule has 0 aliphatic carbocycles. The van der Waals surface area contributed by atoms with Crippen molar-refractivity contribution in [1.82, 2.24) is 34.7 Å². The zero-order valence-electron chi connectivity index (χ0n) is 14.3. The SMILES string of the molecule is Cn1cc(-c2noc(C3CCc4nnc(-c5ccccc5)n4C3)n2)cn1. The van der Waals surface area contributed by atoms with E-state index < -0.39 is 0 Å². The molecule has 8 nitrogen and oxygen atoms in total. The van der Waals surface area contributed by atoms with Crippen LogP contribution in [0.5, 0.6) is 0 Å². The molecular formula is C18H17N7O. The van der Waals surface area contributed by atoms with E-state index in [9.17, 15) is 0 Å². The largest absolute Gasteiger partial charge is 0.339 e. The van der Waals surface area contributed by atoms with Gasteiger partial charge in [0.15, 0.2) is 5.82 Å². The average molecular weight is 347 g/mol. The van der Waals surface area contributed by atoms with Crippen molar-refractivity contribution in [2.75, 3.05) is 0 Å². The van der Waals surface area contributed by atoms with E-state index in [1.54, 1.807) is 10.9 Å². The van der Waals surface area contributed by atoms with Crippen LogP contribution in [0.1, 0.15) is 24.1 Å². The molecule has 4 heterocycles. The van der Waals surface area contributed by atoms with Gasteiger partial charge in [0.2, 0.25) is 11.7 Å². The molecule has 26 heavy (non-hydrogen) atoms. The maximum atomic E-state index is 5.55. The summed E-state index contributed by atoms with van der Waals surface area (Å²) in [6, 6.07) is 10.1. The molecule has 3 aromatic heterocycles. The Labute approximate surface area is 149 Å². The Morgan fingerprint density at radius 1 is 1.12 bits per heavy atom. The monoisotopic (exact) mass is 347 g/mol. The fourth-order valence-corrected chi connectivity index (χ4v) is 3.38. The summed E-state index contributed by atoms with van der Waals surface area (Å²) in [4.78, 5) is 4.59. The van der Waals surface area contributed by atoms with Gasteiger partial charge in [0.05, 0.1) is 17.7 Å². The van der Waals surface area contributed by atoms with Crippen LogP contribution in [0.15, 0.2) is 47.2 Å². The molecule has 1 aromatic carbocycles. The van der Waals surface area contributed by atoms with E-state index in [4.69, 9.17) is 4.52 Å². The van der Waals surface area contributed by atoms with E-state index in [-0.39, 0.29) is 5.92 Å². The molecule has 0 spiro atoms. The smallest absolute Gasteiger partial charge is 0.231 e. The lowest BCUT2D eigenvalue weighted by molar-refractivity contribution is 0.317. The van der Waals surface area contributed by atoms with Gasteiger partial charge >= 0.3 is 0 Å². The highest BCUT2D eigenvalue weighted by molar-refractivity contribution is 5.55. The summed E-state index contributed by atoms with van der Waals surface area (Å²) in [5, 5.41) is 17.0. The summed E-state index contributed by atoms with van der Waals surface area (Å²) in [6.07, 6.45) is 5.37. The van der Waals surface area contributed by atoms with Gasteiger partial charge in [0, 0.05) is 31.8 Å². The van der Waals surface area contributed by atoms with Gasteiger partial charge in [-0.1, -0.05) is 35.5 Å². The molecule has 1 unspecified atom stereocenters. The molecule has 0 N–H and O–H groups in total. The zero-order valence-corrected chi connectivity index (χ0v) is 14.3. The van der Waals surface area contributed by atoms with Crippen molar-refractivity contribution in [1.29, 1.82) is 0 Å². The minimum absolute atomic E-state index is 0.152. The van der Waals surface area contributed by atoms with Crippen LogP contribution in [0.4, 0.5) is 0 Å². The van der Waals surface area contributed by atoms with Gasteiger partial charge < -0.3 is 9.09 Å². The maximum Gasteiger partial charge on any atom is 0.231 e. The lowest BCUT2D eigenvalue weighted by atomic mass is 9.99. The van der Waals surface area contributed by atoms with Crippen molar-refractivity contribution in [2.45, 2.75) is 25.3 Å². The highest BCUT2D eigenvalue weighted by atomic mass is 16.5. The Balaban J connectivity index is 1.44. The highest BCUT2D eigenvalue weighted by Crippen LogP contribution is 2.31. The van der Waals surface area contributed by atoms with E-state index >= 15 is 0 Å². The van der Waals surface area contributed by atoms with Crippen LogP contribution >= 0.6 is 0 Å². The van der Waals surface area contributed by atoms with Crippen LogP contribution in [-0.2, 0) is 20.0 Å². The lowest BCUT2D eigenvalue weighted by Gasteiger charge is -2.21. The van der Waals surface area contributed by atoms with Gasteiger partial charge in [-0.05, 0) is 6.42 Å². The number of fused-ring (bicyclic) bond motifs is 1. The number of hydrogen-bond donors (Lipinski definition) is 0. The molecule has 8 heteroatoms. The van der Waals surface area contributed by atoms with Crippen molar-refractivity contribution >= 4 is 0 Å². The number of rotatable bonds is 3. The molecule has 5 rings (SSSR count). The molecule has 0 radical (unpaired) electrons. The fourth-order valence-electron chi connectivity index (χ4n) is 3.38. The van der Waals surface area contributed by atoms with E-state index in [0.29, 0.717) is 11.7 Å². The molecule has 0 saturated carbocycles. The van der Waals surface area contributed by atoms with E-state index in [2.05, 4.69) is 30.0 Å². The van der Waals surface area contributed by atoms with Crippen molar-refractivity contribution < 1.29 is 4.52 Å². The second-order valence-electron chi connectivity index (χ2n) is 6.51. The molecule has 0 bridgehead atoms. The molecule has 1 aliphatic rings. The van der Waals surface area contributed by atoms with Crippen molar-refractivity contribution in [3.8, 4) is 22.8 Å². The molecule has 0 amide bonds. The first kappa shape index (κ1) is 15.0. The third-order valence-electron chi connectivity index (χ3n) is 4.73. The summed E-state index contributed by atoms with van der Waals surface area (Å²) in [5.41, 5.74) is 1.92. The summed E-state index contributed by atoms with van der Waals surface area (Å²) in [6.45, 7) is 0.737. The third kappa shape index (κ3) is 2.50. The van der Waals surface area contributed by atoms with Crippen molar-refractivity contribution in [3.05, 3.63) is 54.4 Å². The number of aryl methyl sites for hydroxylation is 2. The van der Waals surface area contributed by atoms with Crippen LogP contribution in [0.3, 0.4) is 0 Å². The maximum absolute atomic E-state index is 5.55. The van der Waals surface area contributed by atoms with Gasteiger partial charge in [-0.3, -0.25) is 4.68 Å². The van der Waals surface area contributed by atoms with E-state index in [1.807, 2.05) is 43.6 Å². The average Bonchev–Trinajstić information content (AvgIpc) is 3.41. The minimum atomic E-state index is 0.152. The Bertz CT molecular complexity index is 1050.